The molecule has 1 atom stereocenters. The van der Waals surface area contributed by atoms with Gasteiger partial charge >= 0.3 is 10.1 Å². The van der Waals surface area contributed by atoms with Crippen molar-refractivity contribution in [2.75, 3.05) is 18.8 Å². The van der Waals surface area contributed by atoms with Crippen molar-refractivity contribution >= 4 is 15.9 Å². The average Bonchev–Trinajstić information content (AvgIpc) is 2.95. The summed E-state index contributed by atoms with van der Waals surface area (Å²) in [6.45, 7) is 1.96. The first kappa shape index (κ1) is 13.4. The largest absolute Gasteiger partial charge is 0.469 e. The normalized spacial score (nSPS) is 28.7. The third-order valence-corrected chi connectivity index (χ3v) is 5.85. The molecular formula is C15H19NO4S. The van der Waals surface area contributed by atoms with Crippen LogP contribution in [0.1, 0.15) is 37.0 Å². The molecule has 114 valence electrons. The molecule has 0 radical (unpaired) electrons. The zero-order valence-corrected chi connectivity index (χ0v) is 12.7. The van der Waals surface area contributed by atoms with Crippen LogP contribution < -0.4 is 0 Å². The fourth-order valence-electron chi connectivity index (χ4n) is 3.70. The van der Waals surface area contributed by atoms with E-state index >= 15 is 0 Å². The first-order chi connectivity index (χ1) is 10.1. The Labute approximate surface area is 124 Å². The Bertz CT molecular complexity index is 682. The molecule has 4 rings (SSSR count). The summed E-state index contributed by atoms with van der Waals surface area (Å²) in [6.07, 6.45) is 6.81. The third kappa shape index (κ3) is 2.30. The topological polar surface area (TPSA) is 59.8 Å². The summed E-state index contributed by atoms with van der Waals surface area (Å²) in [6, 6.07) is 1.79. The van der Waals surface area contributed by atoms with Crippen LogP contribution in [0.2, 0.25) is 0 Å². The minimum absolute atomic E-state index is 0.0258. The quantitative estimate of drug-likeness (QED) is 0.744. The summed E-state index contributed by atoms with van der Waals surface area (Å²) in [5, 5.41) is 0. The van der Waals surface area contributed by atoms with E-state index in [0.29, 0.717) is 5.76 Å². The molecule has 0 N–H and O–H groups in total. The number of piperidine rings is 1. The monoisotopic (exact) mass is 309 g/mol. The summed E-state index contributed by atoms with van der Waals surface area (Å²) < 4.78 is 35.1. The molecule has 5 nitrogen and oxygen atoms in total. The van der Waals surface area contributed by atoms with E-state index < -0.39 is 10.1 Å². The number of hydrogen-bond donors (Lipinski definition) is 0. The van der Waals surface area contributed by atoms with Crippen molar-refractivity contribution in [3.05, 3.63) is 29.2 Å². The zero-order chi connectivity index (χ0) is 14.4. The highest BCUT2D eigenvalue weighted by molar-refractivity contribution is 7.87. The molecule has 0 amide bonds. The number of aryl methyl sites for hydroxylation is 1. The van der Waals surface area contributed by atoms with Crippen LogP contribution >= 0.6 is 0 Å². The van der Waals surface area contributed by atoms with Crippen LogP contribution in [0, 0.1) is 0 Å². The van der Waals surface area contributed by atoms with Crippen molar-refractivity contribution in [2.45, 2.75) is 38.1 Å². The van der Waals surface area contributed by atoms with Crippen LogP contribution in [0.25, 0.3) is 5.76 Å². The fraction of sp³-hybridized carbons (Fsp3) is 0.600. The first-order valence-electron chi connectivity index (χ1n) is 7.60. The van der Waals surface area contributed by atoms with Gasteiger partial charge in [-0.1, -0.05) is 6.42 Å². The Morgan fingerprint density at radius 1 is 1.14 bits per heavy atom. The van der Waals surface area contributed by atoms with Gasteiger partial charge < -0.3 is 8.60 Å². The van der Waals surface area contributed by atoms with E-state index in [0.717, 1.165) is 55.7 Å². The number of fused-ring (bicyclic) bond motifs is 2. The van der Waals surface area contributed by atoms with Crippen LogP contribution in [-0.2, 0) is 20.7 Å². The highest BCUT2D eigenvalue weighted by Crippen LogP contribution is 2.40. The van der Waals surface area contributed by atoms with E-state index in [2.05, 4.69) is 4.90 Å². The number of likely N-dealkylation sites (tertiary alicyclic amines) is 1. The third-order valence-electron chi connectivity index (χ3n) is 4.71. The molecular weight excluding hydrogens is 290 g/mol. The minimum Gasteiger partial charge on any atom is -0.469 e. The van der Waals surface area contributed by atoms with Gasteiger partial charge in [0.1, 0.15) is 11.5 Å². The number of rotatable bonds is 1. The number of furan rings is 1. The molecule has 1 fully saturated rings. The average molecular weight is 309 g/mol. The lowest BCUT2D eigenvalue weighted by Gasteiger charge is -2.39. The summed E-state index contributed by atoms with van der Waals surface area (Å²) >= 11 is 0. The highest BCUT2D eigenvalue weighted by Gasteiger charge is 2.40. The van der Waals surface area contributed by atoms with E-state index in [9.17, 15) is 8.42 Å². The van der Waals surface area contributed by atoms with Crippen molar-refractivity contribution < 1.29 is 17.0 Å². The predicted molar refractivity (Wildman–Crippen MR) is 78.0 cm³/mol. The van der Waals surface area contributed by atoms with E-state index in [1.807, 2.05) is 6.07 Å². The van der Waals surface area contributed by atoms with Gasteiger partial charge in [-0.15, -0.1) is 0 Å². The molecule has 1 aliphatic carbocycles. The molecule has 2 aliphatic heterocycles. The minimum atomic E-state index is -3.51. The lowest BCUT2D eigenvalue weighted by atomic mass is 9.90. The summed E-state index contributed by atoms with van der Waals surface area (Å²) in [5.74, 6) is 1.45. The fourth-order valence-corrected chi connectivity index (χ4v) is 5.02. The summed E-state index contributed by atoms with van der Waals surface area (Å²) in [4.78, 5) is 2.32. The van der Waals surface area contributed by atoms with E-state index in [-0.39, 0.29) is 11.8 Å². The molecule has 21 heavy (non-hydrogen) atoms. The Balaban J connectivity index is 1.78. The van der Waals surface area contributed by atoms with Gasteiger partial charge in [0.25, 0.3) is 0 Å². The SMILES string of the molecule is O=S1(=O)CC(N2CCCCC2)C2=C(O1)c1ccoc1CC2. The predicted octanol–water partition coefficient (Wildman–Crippen LogP) is 2.15. The maximum Gasteiger partial charge on any atom is 0.311 e. The maximum absolute atomic E-state index is 12.2. The van der Waals surface area contributed by atoms with E-state index in [4.69, 9.17) is 8.60 Å². The molecule has 1 unspecified atom stereocenters. The van der Waals surface area contributed by atoms with Crippen LogP contribution in [0.5, 0.6) is 0 Å². The van der Waals surface area contributed by atoms with E-state index in [1.54, 1.807) is 6.26 Å². The second-order valence-electron chi connectivity index (χ2n) is 6.03. The molecule has 1 saturated heterocycles. The molecule has 3 aliphatic rings. The van der Waals surface area contributed by atoms with Crippen LogP contribution in [0.15, 0.2) is 22.3 Å². The van der Waals surface area contributed by atoms with Gasteiger partial charge in [0.05, 0.1) is 17.9 Å². The molecule has 0 aromatic carbocycles. The van der Waals surface area contributed by atoms with Crippen LogP contribution in [0.3, 0.4) is 0 Å². The Morgan fingerprint density at radius 2 is 1.95 bits per heavy atom. The molecule has 0 saturated carbocycles. The van der Waals surface area contributed by atoms with Gasteiger partial charge in [0.2, 0.25) is 0 Å². The summed E-state index contributed by atoms with van der Waals surface area (Å²) in [7, 11) is -3.51. The van der Waals surface area contributed by atoms with Crippen molar-refractivity contribution in [3.63, 3.8) is 0 Å². The highest BCUT2D eigenvalue weighted by atomic mass is 32.2. The molecule has 6 heteroatoms. The molecule has 0 bridgehead atoms. The Hall–Kier alpha value is -1.27. The van der Waals surface area contributed by atoms with Gasteiger partial charge in [-0.25, -0.2) is 0 Å². The smallest absolute Gasteiger partial charge is 0.311 e. The molecule has 3 heterocycles. The molecule has 0 spiro atoms. The van der Waals surface area contributed by atoms with Gasteiger partial charge in [-0.3, -0.25) is 4.90 Å². The van der Waals surface area contributed by atoms with Gasteiger partial charge in [-0.2, -0.15) is 8.42 Å². The Morgan fingerprint density at radius 3 is 2.76 bits per heavy atom. The molecule has 1 aromatic heterocycles. The zero-order valence-electron chi connectivity index (χ0n) is 11.9. The summed E-state index contributed by atoms with van der Waals surface area (Å²) in [5.41, 5.74) is 1.96. The lowest BCUT2D eigenvalue weighted by molar-refractivity contribution is 0.186. The number of nitrogens with zero attached hydrogens (tertiary/aromatic N) is 1. The van der Waals surface area contributed by atoms with Gasteiger partial charge in [0.15, 0.2) is 5.76 Å². The standard InChI is InChI=1S/C15H19NO4S/c17-21(18)10-13(16-7-2-1-3-8-16)11-4-5-14-12(6-9-19-14)15(11)20-21/h6,9,13H,1-5,7-8,10H2. The van der Waals surface area contributed by atoms with Crippen molar-refractivity contribution in [1.29, 1.82) is 0 Å². The number of hydrogen-bond acceptors (Lipinski definition) is 5. The lowest BCUT2D eigenvalue weighted by Crippen LogP contribution is -2.47. The van der Waals surface area contributed by atoms with Crippen molar-refractivity contribution in [2.24, 2.45) is 0 Å². The van der Waals surface area contributed by atoms with E-state index in [1.165, 1.54) is 6.42 Å². The van der Waals surface area contributed by atoms with Crippen LogP contribution in [-0.4, -0.2) is 38.2 Å². The second-order valence-corrected chi connectivity index (χ2v) is 7.65. The second kappa shape index (κ2) is 4.88. The first-order valence-corrected chi connectivity index (χ1v) is 9.18. The van der Waals surface area contributed by atoms with Gasteiger partial charge in [-0.05, 0) is 44.0 Å². The van der Waals surface area contributed by atoms with Crippen molar-refractivity contribution in [3.8, 4) is 0 Å². The van der Waals surface area contributed by atoms with Gasteiger partial charge in [0, 0.05) is 6.42 Å². The Kier molecular flexibility index (Phi) is 3.11. The van der Waals surface area contributed by atoms with Crippen LogP contribution in [0.4, 0.5) is 0 Å². The maximum atomic E-state index is 12.2. The molecule has 1 aromatic rings. The van der Waals surface area contributed by atoms with Crippen molar-refractivity contribution in [1.82, 2.24) is 4.90 Å².